The van der Waals surface area contributed by atoms with Crippen LogP contribution < -0.4 is 16.0 Å². The van der Waals surface area contributed by atoms with Gasteiger partial charge in [-0.3, -0.25) is 19.7 Å². The maximum Gasteiger partial charge on any atom is 0.270 e. The smallest absolute Gasteiger partial charge is 0.270 e. The molecule has 0 atom stereocenters. The monoisotopic (exact) mass is 402 g/mol. The maximum absolute atomic E-state index is 13.0. The van der Waals surface area contributed by atoms with Crippen LogP contribution in [0.15, 0.2) is 36.4 Å². The molecule has 8 nitrogen and oxygen atoms in total. The number of hydrogen-bond donors (Lipinski definition) is 2. The van der Waals surface area contributed by atoms with Crippen molar-refractivity contribution in [2.75, 3.05) is 23.3 Å². The van der Waals surface area contributed by atoms with Gasteiger partial charge in [-0.2, -0.15) is 0 Å². The van der Waals surface area contributed by atoms with E-state index >= 15 is 0 Å². The van der Waals surface area contributed by atoms with Gasteiger partial charge in [-0.25, -0.2) is 0 Å². The number of nitrogens with two attached hydrogens (primary N) is 1. The van der Waals surface area contributed by atoms with Gasteiger partial charge >= 0.3 is 0 Å². The number of carbonyl (C=O) groups excluding carboxylic acids is 2. The van der Waals surface area contributed by atoms with Crippen molar-refractivity contribution < 1.29 is 14.5 Å². The van der Waals surface area contributed by atoms with Crippen molar-refractivity contribution in [3.8, 4) is 0 Å². The molecule has 0 aromatic heterocycles. The van der Waals surface area contributed by atoms with Crippen molar-refractivity contribution in [2.45, 2.75) is 19.3 Å². The SMILES string of the molecule is NC(=O)c1ccc(Cl)c(NC(=O)c2cc([N+](=O)[O-])ccc2N2CCCCC2)c1. The van der Waals surface area contributed by atoms with Crippen molar-refractivity contribution >= 4 is 40.5 Å². The molecule has 0 bridgehead atoms. The molecule has 2 amide bonds. The molecule has 3 N–H and O–H groups in total. The minimum atomic E-state index is -0.656. The van der Waals surface area contributed by atoms with Crippen LogP contribution in [0.4, 0.5) is 17.1 Å². The molecule has 1 saturated heterocycles. The van der Waals surface area contributed by atoms with Gasteiger partial charge in [0.2, 0.25) is 5.91 Å². The van der Waals surface area contributed by atoms with E-state index in [1.807, 2.05) is 4.90 Å². The van der Waals surface area contributed by atoms with E-state index in [0.717, 1.165) is 32.4 Å². The Bertz CT molecular complexity index is 942. The summed E-state index contributed by atoms with van der Waals surface area (Å²) in [5, 5.41) is 14.0. The van der Waals surface area contributed by atoms with Gasteiger partial charge in [-0.05, 0) is 43.5 Å². The molecule has 9 heteroatoms. The number of non-ortho nitro benzene ring substituents is 1. The van der Waals surface area contributed by atoms with Crippen LogP contribution in [0.25, 0.3) is 0 Å². The topological polar surface area (TPSA) is 119 Å². The summed E-state index contributed by atoms with van der Waals surface area (Å²) < 4.78 is 0. The zero-order valence-corrected chi connectivity index (χ0v) is 15.7. The molecule has 1 aliphatic rings. The molecule has 1 fully saturated rings. The Balaban J connectivity index is 1.97. The number of nitrogens with one attached hydrogen (secondary N) is 1. The lowest BCUT2D eigenvalue weighted by Crippen LogP contribution is -2.31. The van der Waals surface area contributed by atoms with Crippen molar-refractivity contribution in [3.63, 3.8) is 0 Å². The summed E-state index contributed by atoms with van der Waals surface area (Å²) in [7, 11) is 0. The van der Waals surface area contributed by atoms with Gasteiger partial charge in [-0.1, -0.05) is 11.6 Å². The summed E-state index contributed by atoms with van der Waals surface area (Å²) in [4.78, 5) is 37.0. The number of amides is 2. The third kappa shape index (κ3) is 4.23. The molecule has 1 aliphatic heterocycles. The first kappa shape index (κ1) is 19.6. The van der Waals surface area contributed by atoms with Crippen molar-refractivity contribution in [3.05, 3.63) is 62.7 Å². The Morgan fingerprint density at radius 1 is 1.11 bits per heavy atom. The third-order valence-corrected chi connectivity index (χ3v) is 4.96. The van der Waals surface area contributed by atoms with E-state index in [4.69, 9.17) is 17.3 Å². The second-order valence-electron chi connectivity index (χ2n) is 6.52. The Labute approximate surface area is 166 Å². The first-order valence-corrected chi connectivity index (χ1v) is 9.18. The molecule has 2 aromatic rings. The quantitative estimate of drug-likeness (QED) is 0.585. The largest absolute Gasteiger partial charge is 0.371 e. The summed E-state index contributed by atoms with van der Waals surface area (Å²) in [5.74, 6) is -1.20. The minimum Gasteiger partial charge on any atom is -0.371 e. The normalized spacial score (nSPS) is 13.8. The maximum atomic E-state index is 13.0. The van der Waals surface area contributed by atoms with Gasteiger partial charge in [0.15, 0.2) is 0 Å². The number of primary amides is 1. The summed E-state index contributed by atoms with van der Waals surface area (Å²) >= 11 is 6.12. The molecule has 0 aliphatic carbocycles. The number of hydrogen-bond acceptors (Lipinski definition) is 5. The zero-order chi connectivity index (χ0) is 20.3. The van der Waals surface area contributed by atoms with E-state index < -0.39 is 16.7 Å². The van der Waals surface area contributed by atoms with Gasteiger partial charge in [-0.15, -0.1) is 0 Å². The van der Waals surface area contributed by atoms with Crippen molar-refractivity contribution in [2.24, 2.45) is 5.73 Å². The van der Waals surface area contributed by atoms with Gasteiger partial charge in [0.1, 0.15) is 0 Å². The summed E-state index contributed by atoms with van der Waals surface area (Å²) in [6.07, 6.45) is 3.09. The Morgan fingerprint density at radius 3 is 2.46 bits per heavy atom. The summed E-state index contributed by atoms with van der Waals surface area (Å²) in [5.41, 5.74) is 6.30. The average Bonchev–Trinajstić information content (AvgIpc) is 2.69. The van der Waals surface area contributed by atoms with Crippen LogP contribution in [0.2, 0.25) is 5.02 Å². The molecule has 1 heterocycles. The summed E-state index contributed by atoms with van der Waals surface area (Å²) in [6.45, 7) is 1.55. The fraction of sp³-hybridized carbons (Fsp3) is 0.263. The van der Waals surface area contributed by atoms with Crippen LogP contribution >= 0.6 is 11.6 Å². The number of carbonyl (C=O) groups is 2. The Hall–Kier alpha value is -3.13. The third-order valence-electron chi connectivity index (χ3n) is 4.63. The molecule has 28 heavy (non-hydrogen) atoms. The highest BCUT2D eigenvalue weighted by atomic mass is 35.5. The molecule has 0 radical (unpaired) electrons. The van der Waals surface area contributed by atoms with Crippen LogP contribution in [-0.4, -0.2) is 29.8 Å². The van der Waals surface area contributed by atoms with Gasteiger partial charge in [0.25, 0.3) is 11.6 Å². The lowest BCUT2D eigenvalue weighted by Gasteiger charge is -2.30. The Morgan fingerprint density at radius 2 is 1.82 bits per heavy atom. The fourth-order valence-electron chi connectivity index (χ4n) is 3.19. The van der Waals surface area contributed by atoms with E-state index in [1.54, 1.807) is 6.07 Å². The van der Waals surface area contributed by atoms with Gasteiger partial charge in [0.05, 0.1) is 26.9 Å². The number of piperidine rings is 1. The highest BCUT2D eigenvalue weighted by Gasteiger charge is 2.22. The molecular formula is C19H19ClN4O4. The van der Waals surface area contributed by atoms with Gasteiger partial charge < -0.3 is 16.0 Å². The average molecular weight is 403 g/mol. The van der Waals surface area contributed by atoms with Crippen molar-refractivity contribution in [1.82, 2.24) is 0 Å². The number of nitro benzene ring substituents is 1. The van der Waals surface area contributed by atoms with E-state index in [2.05, 4.69) is 5.32 Å². The van der Waals surface area contributed by atoms with E-state index in [9.17, 15) is 19.7 Å². The standard InChI is InChI=1S/C19H19ClN4O4/c20-15-6-4-12(18(21)25)10-16(15)22-19(26)14-11-13(24(27)28)5-7-17(14)23-8-2-1-3-9-23/h4-7,10-11H,1-3,8-9H2,(H2,21,25)(H,22,26). The van der Waals surface area contributed by atoms with Crippen LogP contribution in [0.3, 0.4) is 0 Å². The first-order valence-electron chi connectivity index (χ1n) is 8.81. The molecular weight excluding hydrogens is 384 g/mol. The van der Waals surface area contributed by atoms with Crippen LogP contribution in [0.1, 0.15) is 40.0 Å². The fourth-order valence-corrected chi connectivity index (χ4v) is 3.36. The minimum absolute atomic E-state index is 0.177. The lowest BCUT2D eigenvalue weighted by atomic mass is 10.1. The van der Waals surface area contributed by atoms with E-state index in [1.165, 1.54) is 30.3 Å². The molecule has 0 saturated carbocycles. The second-order valence-corrected chi connectivity index (χ2v) is 6.93. The summed E-state index contributed by atoms with van der Waals surface area (Å²) in [6, 6.07) is 8.52. The molecule has 3 rings (SSSR count). The molecule has 0 spiro atoms. The second kappa shape index (κ2) is 8.26. The first-order chi connectivity index (χ1) is 13.4. The molecule has 0 unspecified atom stereocenters. The van der Waals surface area contributed by atoms with Crippen molar-refractivity contribution in [1.29, 1.82) is 0 Å². The number of anilines is 2. The predicted molar refractivity (Wildman–Crippen MR) is 107 cm³/mol. The predicted octanol–water partition coefficient (Wildman–Crippen LogP) is 3.59. The van der Waals surface area contributed by atoms with E-state index in [-0.39, 0.29) is 27.5 Å². The lowest BCUT2D eigenvalue weighted by molar-refractivity contribution is -0.384. The number of nitrogens with zero attached hydrogens (tertiary/aromatic N) is 2. The Kier molecular flexibility index (Phi) is 5.79. The van der Waals surface area contributed by atoms with Crippen LogP contribution in [0, 0.1) is 10.1 Å². The van der Waals surface area contributed by atoms with E-state index in [0.29, 0.717) is 5.69 Å². The molecule has 146 valence electrons. The zero-order valence-electron chi connectivity index (χ0n) is 15.0. The molecule has 2 aromatic carbocycles. The highest BCUT2D eigenvalue weighted by molar-refractivity contribution is 6.34. The number of rotatable bonds is 5. The van der Waals surface area contributed by atoms with Gasteiger partial charge in [0, 0.05) is 30.8 Å². The number of benzene rings is 2. The highest BCUT2D eigenvalue weighted by Crippen LogP contribution is 2.30. The van der Waals surface area contributed by atoms with Crippen LogP contribution in [-0.2, 0) is 0 Å². The van der Waals surface area contributed by atoms with Crippen LogP contribution in [0.5, 0.6) is 0 Å². The number of halogens is 1. The number of nitro groups is 1.